The summed E-state index contributed by atoms with van der Waals surface area (Å²) in [5.74, 6) is -0.430. The summed E-state index contributed by atoms with van der Waals surface area (Å²) in [5.41, 5.74) is 6.19. The van der Waals surface area contributed by atoms with E-state index in [1.807, 2.05) is 18.2 Å². The number of benzene rings is 1. The maximum Gasteiger partial charge on any atom is 0.297 e. The van der Waals surface area contributed by atoms with Gasteiger partial charge in [-0.1, -0.05) is 23.9 Å². The number of primary amides is 1. The summed E-state index contributed by atoms with van der Waals surface area (Å²) in [6.45, 7) is 0.661. The van der Waals surface area contributed by atoms with Crippen LogP contribution in [0.25, 0.3) is 22.1 Å². The molecule has 0 spiro atoms. The summed E-state index contributed by atoms with van der Waals surface area (Å²) < 4.78 is 12.1. The molecule has 3 rings (SSSR count). The molecule has 0 radical (unpaired) electrons. The van der Waals surface area contributed by atoms with Gasteiger partial charge in [-0.15, -0.1) is 0 Å². The van der Waals surface area contributed by atoms with Gasteiger partial charge in [-0.3, -0.25) is 14.2 Å². The molecule has 0 aliphatic heterocycles. The van der Waals surface area contributed by atoms with Crippen LogP contribution in [0.1, 0.15) is 0 Å². The van der Waals surface area contributed by atoms with Crippen LogP contribution in [0.3, 0.4) is 0 Å². The molecule has 120 valence electrons. The molecule has 23 heavy (non-hydrogen) atoms. The van der Waals surface area contributed by atoms with Crippen LogP contribution in [0, 0.1) is 0 Å². The van der Waals surface area contributed by atoms with Crippen molar-refractivity contribution in [2.45, 2.75) is 11.7 Å². The highest BCUT2D eigenvalue weighted by atomic mass is 32.2. The molecule has 0 aliphatic rings. The van der Waals surface area contributed by atoms with Gasteiger partial charge in [-0.2, -0.15) is 0 Å². The molecule has 0 saturated carbocycles. The Balaban J connectivity index is 2.22. The molecule has 0 bridgehead atoms. The first-order chi connectivity index (χ1) is 11.1. The molecule has 1 aromatic carbocycles. The van der Waals surface area contributed by atoms with Crippen molar-refractivity contribution in [1.29, 1.82) is 0 Å². The van der Waals surface area contributed by atoms with E-state index in [1.54, 1.807) is 13.2 Å². The SMILES string of the molecule is COCCn1c(SCC(N)=O)nc2c(oc3ccccc32)c1=O. The van der Waals surface area contributed by atoms with Crippen molar-refractivity contribution in [2.24, 2.45) is 5.73 Å². The maximum atomic E-state index is 12.7. The highest BCUT2D eigenvalue weighted by molar-refractivity contribution is 7.99. The van der Waals surface area contributed by atoms with E-state index in [1.165, 1.54) is 4.57 Å². The zero-order valence-electron chi connectivity index (χ0n) is 12.4. The van der Waals surface area contributed by atoms with Crippen LogP contribution < -0.4 is 11.3 Å². The number of methoxy groups -OCH3 is 1. The summed E-state index contributed by atoms with van der Waals surface area (Å²) >= 11 is 1.13. The van der Waals surface area contributed by atoms with Crippen molar-refractivity contribution in [3.63, 3.8) is 0 Å². The first-order valence-corrected chi connectivity index (χ1v) is 7.92. The number of furan rings is 1. The monoisotopic (exact) mass is 333 g/mol. The molecule has 7 nitrogen and oxygen atoms in total. The Kier molecular flexibility index (Phi) is 4.35. The van der Waals surface area contributed by atoms with Crippen molar-refractivity contribution in [2.75, 3.05) is 19.5 Å². The van der Waals surface area contributed by atoms with Crippen LogP contribution in [0.4, 0.5) is 0 Å². The van der Waals surface area contributed by atoms with E-state index < -0.39 is 5.91 Å². The van der Waals surface area contributed by atoms with Gasteiger partial charge >= 0.3 is 0 Å². The molecule has 0 aliphatic carbocycles. The first kappa shape index (κ1) is 15.6. The van der Waals surface area contributed by atoms with E-state index in [0.29, 0.717) is 29.4 Å². The number of ether oxygens (including phenoxy) is 1. The fraction of sp³-hybridized carbons (Fsp3) is 0.267. The van der Waals surface area contributed by atoms with Crippen LogP contribution in [0.15, 0.2) is 38.6 Å². The fourth-order valence-corrected chi connectivity index (χ4v) is 3.04. The highest BCUT2D eigenvalue weighted by Gasteiger charge is 2.17. The fourth-order valence-electron chi connectivity index (χ4n) is 2.28. The zero-order chi connectivity index (χ0) is 16.4. The second-order valence-corrected chi connectivity index (χ2v) is 5.82. The number of nitrogens with zero attached hydrogens (tertiary/aromatic N) is 2. The number of rotatable bonds is 6. The normalized spacial score (nSPS) is 11.3. The van der Waals surface area contributed by atoms with Gasteiger partial charge in [0.15, 0.2) is 5.16 Å². The largest absolute Gasteiger partial charge is 0.448 e. The van der Waals surface area contributed by atoms with Gasteiger partial charge in [-0.25, -0.2) is 4.98 Å². The van der Waals surface area contributed by atoms with Crippen LogP contribution >= 0.6 is 11.8 Å². The molecular formula is C15H15N3O4S. The lowest BCUT2D eigenvalue weighted by Crippen LogP contribution is -2.25. The zero-order valence-corrected chi connectivity index (χ0v) is 13.3. The molecule has 0 atom stereocenters. The van der Waals surface area contributed by atoms with E-state index in [4.69, 9.17) is 14.9 Å². The van der Waals surface area contributed by atoms with E-state index >= 15 is 0 Å². The highest BCUT2D eigenvalue weighted by Crippen LogP contribution is 2.27. The third-order valence-corrected chi connectivity index (χ3v) is 4.31. The van der Waals surface area contributed by atoms with Crippen molar-refractivity contribution >= 4 is 39.7 Å². The maximum absolute atomic E-state index is 12.7. The Bertz CT molecular complexity index is 932. The van der Waals surface area contributed by atoms with Crippen LogP contribution in [0.2, 0.25) is 0 Å². The Morgan fingerprint density at radius 3 is 2.96 bits per heavy atom. The van der Waals surface area contributed by atoms with Crippen molar-refractivity contribution in [3.05, 3.63) is 34.6 Å². The third kappa shape index (κ3) is 2.95. The van der Waals surface area contributed by atoms with Crippen molar-refractivity contribution < 1.29 is 13.9 Å². The van der Waals surface area contributed by atoms with Gasteiger partial charge in [0, 0.05) is 12.5 Å². The average Bonchev–Trinajstić information content (AvgIpc) is 2.91. The van der Waals surface area contributed by atoms with Gasteiger partial charge in [-0.05, 0) is 12.1 Å². The number of thioether (sulfide) groups is 1. The number of nitrogens with two attached hydrogens (primary N) is 1. The van der Waals surface area contributed by atoms with Crippen LogP contribution in [-0.2, 0) is 16.1 Å². The average molecular weight is 333 g/mol. The van der Waals surface area contributed by atoms with E-state index in [0.717, 1.165) is 17.1 Å². The van der Waals surface area contributed by atoms with Crippen LogP contribution in [-0.4, -0.2) is 34.9 Å². The predicted octanol–water partition coefficient (Wildman–Crippen LogP) is 1.37. The Morgan fingerprint density at radius 2 is 2.22 bits per heavy atom. The standard InChI is InChI=1S/C15H15N3O4S/c1-21-7-6-18-14(20)13-12(17-15(18)23-8-11(16)19)9-4-2-3-5-10(9)22-13/h2-5H,6-8H2,1H3,(H2,16,19). The molecule has 0 saturated heterocycles. The number of fused-ring (bicyclic) bond motifs is 3. The Morgan fingerprint density at radius 1 is 1.43 bits per heavy atom. The molecular weight excluding hydrogens is 318 g/mol. The molecule has 2 heterocycles. The van der Waals surface area contributed by atoms with Gasteiger partial charge in [0.05, 0.1) is 18.9 Å². The molecule has 2 N–H and O–H groups in total. The van der Waals surface area contributed by atoms with Crippen LogP contribution in [0.5, 0.6) is 0 Å². The smallest absolute Gasteiger partial charge is 0.297 e. The summed E-state index contributed by atoms with van der Waals surface area (Å²) in [6, 6.07) is 7.31. The van der Waals surface area contributed by atoms with E-state index in [9.17, 15) is 9.59 Å². The minimum Gasteiger partial charge on any atom is -0.448 e. The lowest BCUT2D eigenvalue weighted by atomic mass is 10.2. The summed E-state index contributed by atoms with van der Waals surface area (Å²) in [7, 11) is 1.55. The quantitative estimate of drug-likeness (QED) is 0.540. The van der Waals surface area contributed by atoms with E-state index in [-0.39, 0.29) is 16.9 Å². The Hall–Kier alpha value is -2.32. The summed E-state index contributed by atoms with van der Waals surface area (Å²) in [5, 5.41) is 1.18. The number of carbonyl (C=O) groups is 1. The Labute approximate surface area is 135 Å². The second kappa shape index (κ2) is 6.43. The van der Waals surface area contributed by atoms with Gasteiger partial charge in [0.25, 0.3) is 5.56 Å². The molecule has 3 aromatic rings. The third-order valence-electron chi connectivity index (χ3n) is 3.31. The number of aromatic nitrogens is 2. The molecule has 8 heteroatoms. The minimum atomic E-state index is -0.473. The van der Waals surface area contributed by atoms with Gasteiger partial charge < -0.3 is 14.9 Å². The second-order valence-electron chi connectivity index (χ2n) is 4.87. The number of para-hydroxylation sites is 1. The van der Waals surface area contributed by atoms with Crippen molar-refractivity contribution in [3.8, 4) is 0 Å². The number of hydrogen-bond acceptors (Lipinski definition) is 6. The molecule has 0 fully saturated rings. The number of amides is 1. The predicted molar refractivity (Wildman–Crippen MR) is 87.6 cm³/mol. The minimum absolute atomic E-state index is 0.0424. The van der Waals surface area contributed by atoms with Crippen molar-refractivity contribution in [1.82, 2.24) is 9.55 Å². The molecule has 2 aromatic heterocycles. The lowest BCUT2D eigenvalue weighted by molar-refractivity contribution is -0.115. The summed E-state index contributed by atoms with van der Waals surface area (Å²) in [4.78, 5) is 28.3. The number of hydrogen-bond donors (Lipinski definition) is 1. The molecule has 1 amide bonds. The molecule has 0 unspecified atom stereocenters. The van der Waals surface area contributed by atoms with Gasteiger partial charge in [0.1, 0.15) is 11.1 Å². The first-order valence-electron chi connectivity index (χ1n) is 6.94. The van der Waals surface area contributed by atoms with Gasteiger partial charge in [0.2, 0.25) is 11.5 Å². The number of carbonyl (C=O) groups excluding carboxylic acids is 1. The topological polar surface area (TPSA) is 100 Å². The van der Waals surface area contributed by atoms with E-state index in [2.05, 4.69) is 4.98 Å². The summed E-state index contributed by atoms with van der Waals surface area (Å²) in [6.07, 6.45) is 0. The lowest BCUT2D eigenvalue weighted by Gasteiger charge is -2.10.